The molecule has 1 unspecified atom stereocenters. The number of hydrogen-bond donors (Lipinski definition) is 1. The Morgan fingerprint density at radius 2 is 1.89 bits per heavy atom. The molecule has 0 aliphatic rings. The Kier molecular flexibility index (Phi) is 8.35. The number of benzene rings is 1. The minimum atomic E-state index is 0.430. The Labute approximate surface area is 136 Å². The molecule has 0 aliphatic carbocycles. The number of hydrogen-bond acceptors (Lipinski definition) is 1. The van der Waals surface area contributed by atoms with E-state index in [-0.39, 0.29) is 0 Å². The SMILES string of the molecule is CCCNC(CC(CC)CC)c1ccc(I)c(Cl)c1. The second-order valence-corrected chi connectivity index (χ2v) is 6.67. The molecule has 0 aromatic heterocycles. The molecule has 108 valence electrons. The van der Waals surface area contributed by atoms with Crippen molar-refractivity contribution in [1.82, 2.24) is 5.32 Å². The number of halogens is 2. The van der Waals surface area contributed by atoms with Gasteiger partial charge < -0.3 is 5.32 Å². The maximum Gasteiger partial charge on any atom is 0.0542 e. The lowest BCUT2D eigenvalue weighted by atomic mass is 9.91. The van der Waals surface area contributed by atoms with Crippen molar-refractivity contribution in [1.29, 1.82) is 0 Å². The third-order valence-corrected chi connectivity index (χ3v) is 5.28. The van der Waals surface area contributed by atoms with E-state index in [1.54, 1.807) is 0 Å². The Morgan fingerprint density at radius 3 is 2.42 bits per heavy atom. The first-order valence-corrected chi connectivity index (χ1v) is 8.76. The van der Waals surface area contributed by atoms with Gasteiger partial charge >= 0.3 is 0 Å². The minimum Gasteiger partial charge on any atom is -0.310 e. The molecular formula is C16H25ClIN. The molecule has 0 amide bonds. The van der Waals surface area contributed by atoms with E-state index in [1.807, 2.05) is 0 Å². The summed E-state index contributed by atoms with van der Waals surface area (Å²) < 4.78 is 1.12. The highest BCUT2D eigenvalue weighted by atomic mass is 127. The van der Waals surface area contributed by atoms with Crippen LogP contribution in [0.15, 0.2) is 18.2 Å². The van der Waals surface area contributed by atoms with Crippen molar-refractivity contribution in [2.75, 3.05) is 6.54 Å². The van der Waals surface area contributed by atoms with Gasteiger partial charge in [0.2, 0.25) is 0 Å². The quantitative estimate of drug-likeness (QED) is 0.549. The zero-order valence-electron chi connectivity index (χ0n) is 12.2. The van der Waals surface area contributed by atoms with Crippen molar-refractivity contribution in [3.8, 4) is 0 Å². The van der Waals surface area contributed by atoms with E-state index in [2.05, 4.69) is 66.9 Å². The van der Waals surface area contributed by atoms with Gasteiger partial charge in [0.05, 0.1) is 5.02 Å². The van der Waals surface area contributed by atoms with Crippen LogP contribution in [-0.4, -0.2) is 6.54 Å². The van der Waals surface area contributed by atoms with Crippen LogP contribution in [-0.2, 0) is 0 Å². The molecule has 0 saturated carbocycles. The van der Waals surface area contributed by atoms with Crippen LogP contribution in [0.5, 0.6) is 0 Å². The Bertz CT molecular complexity index is 377. The van der Waals surface area contributed by atoms with Gasteiger partial charge in [-0.05, 0) is 65.6 Å². The summed E-state index contributed by atoms with van der Waals surface area (Å²) in [7, 11) is 0. The van der Waals surface area contributed by atoms with Gasteiger partial charge in [0, 0.05) is 9.61 Å². The van der Waals surface area contributed by atoms with E-state index in [4.69, 9.17) is 11.6 Å². The molecule has 1 aromatic rings. The molecule has 0 bridgehead atoms. The van der Waals surface area contributed by atoms with E-state index < -0.39 is 0 Å². The zero-order chi connectivity index (χ0) is 14.3. The lowest BCUT2D eigenvalue weighted by molar-refractivity contribution is 0.371. The minimum absolute atomic E-state index is 0.430. The lowest BCUT2D eigenvalue weighted by Crippen LogP contribution is -2.24. The standard InChI is InChI=1S/C16H25ClIN/c1-4-9-19-16(10-12(5-2)6-3)13-7-8-15(18)14(17)11-13/h7-8,11-12,16,19H,4-6,9-10H2,1-3H3. The molecule has 1 atom stereocenters. The molecule has 1 aromatic carbocycles. The fourth-order valence-electron chi connectivity index (χ4n) is 2.34. The van der Waals surface area contributed by atoms with Crippen LogP contribution >= 0.6 is 34.2 Å². The molecule has 0 aliphatic heterocycles. The molecular weight excluding hydrogens is 369 g/mol. The fraction of sp³-hybridized carbons (Fsp3) is 0.625. The summed E-state index contributed by atoms with van der Waals surface area (Å²) in [6.07, 6.45) is 4.86. The molecule has 0 fully saturated rings. The first-order chi connectivity index (χ1) is 9.12. The van der Waals surface area contributed by atoms with Crippen LogP contribution in [0.1, 0.15) is 58.1 Å². The highest BCUT2D eigenvalue weighted by Gasteiger charge is 2.16. The molecule has 19 heavy (non-hydrogen) atoms. The van der Waals surface area contributed by atoms with Gasteiger partial charge in [-0.1, -0.05) is 51.3 Å². The fourth-order valence-corrected chi connectivity index (χ4v) is 2.86. The summed E-state index contributed by atoms with van der Waals surface area (Å²) in [5, 5.41) is 4.54. The van der Waals surface area contributed by atoms with Gasteiger partial charge in [-0.25, -0.2) is 0 Å². The first-order valence-electron chi connectivity index (χ1n) is 7.30. The monoisotopic (exact) mass is 393 g/mol. The summed E-state index contributed by atoms with van der Waals surface area (Å²) >= 11 is 8.54. The number of nitrogens with one attached hydrogen (secondary N) is 1. The molecule has 1 rings (SSSR count). The highest BCUT2D eigenvalue weighted by Crippen LogP contribution is 2.28. The summed E-state index contributed by atoms with van der Waals surface area (Å²) in [5.41, 5.74) is 1.32. The molecule has 0 heterocycles. The Balaban J connectivity index is 2.85. The van der Waals surface area contributed by atoms with Crippen LogP contribution in [0.3, 0.4) is 0 Å². The van der Waals surface area contributed by atoms with Crippen LogP contribution in [0, 0.1) is 9.49 Å². The van der Waals surface area contributed by atoms with E-state index in [0.717, 1.165) is 27.5 Å². The van der Waals surface area contributed by atoms with Crippen molar-refractivity contribution in [3.63, 3.8) is 0 Å². The predicted molar refractivity (Wildman–Crippen MR) is 93.9 cm³/mol. The van der Waals surface area contributed by atoms with Gasteiger partial charge in [-0.2, -0.15) is 0 Å². The highest BCUT2D eigenvalue weighted by molar-refractivity contribution is 14.1. The Hall–Kier alpha value is 0.200. The van der Waals surface area contributed by atoms with Crippen LogP contribution in [0.2, 0.25) is 5.02 Å². The average molecular weight is 394 g/mol. The third kappa shape index (κ3) is 5.60. The molecule has 0 spiro atoms. The second kappa shape index (κ2) is 9.19. The van der Waals surface area contributed by atoms with Crippen molar-refractivity contribution < 1.29 is 0 Å². The molecule has 1 N–H and O–H groups in total. The van der Waals surface area contributed by atoms with Crippen molar-refractivity contribution in [2.45, 2.75) is 52.5 Å². The van der Waals surface area contributed by atoms with E-state index in [1.165, 1.54) is 24.8 Å². The van der Waals surface area contributed by atoms with Gasteiger partial charge in [-0.3, -0.25) is 0 Å². The van der Waals surface area contributed by atoms with Gasteiger partial charge in [-0.15, -0.1) is 0 Å². The van der Waals surface area contributed by atoms with E-state index in [9.17, 15) is 0 Å². The molecule has 0 radical (unpaired) electrons. The first kappa shape index (κ1) is 17.3. The topological polar surface area (TPSA) is 12.0 Å². The van der Waals surface area contributed by atoms with Crippen LogP contribution < -0.4 is 5.32 Å². The summed E-state index contributed by atoms with van der Waals surface area (Å²) in [5.74, 6) is 0.785. The van der Waals surface area contributed by atoms with Crippen LogP contribution in [0.25, 0.3) is 0 Å². The lowest BCUT2D eigenvalue weighted by Gasteiger charge is -2.24. The van der Waals surface area contributed by atoms with E-state index in [0.29, 0.717) is 6.04 Å². The Morgan fingerprint density at radius 1 is 1.21 bits per heavy atom. The molecule has 1 nitrogen and oxygen atoms in total. The smallest absolute Gasteiger partial charge is 0.0542 e. The van der Waals surface area contributed by atoms with Crippen molar-refractivity contribution in [2.24, 2.45) is 5.92 Å². The zero-order valence-corrected chi connectivity index (χ0v) is 15.1. The number of rotatable bonds is 8. The largest absolute Gasteiger partial charge is 0.310 e. The van der Waals surface area contributed by atoms with Crippen LogP contribution in [0.4, 0.5) is 0 Å². The third-order valence-electron chi connectivity index (χ3n) is 3.71. The van der Waals surface area contributed by atoms with Gasteiger partial charge in [0.25, 0.3) is 0 Å². The normalized spacial score (nSPS) is 12.9. The maximum atomic E-state index is 6.26. The van der Waals surface area contributed by atoms with Gasteiger partial charge in [0.1, 0.15) is 0 Å². The van der Waals surface area contributed by atoms with Gasteiger partial charge in [0.15, 0.2) is 0 Å². The maximum absolute atomic E-state index is 6.26. The molecule has 3 heteroatoms. The van der Waals surface area contributed by atoms with Crippen molar-refractivity contribution in [3.05, 3.63) is 32.4 Å². The molecule has 0 saturated heterocycles. The predicted octanol–water partition coefficient (Wildman–Crippen LogP) is 5.81. The van der Waals surface area contributed by atoms with E-state index >= 15 is 0 Å². The summed E-state index contributed by atoms with van der Waals surface area (Å²) in [6, 6.07) is 6.88. The average Bonchev–Trinajstić information content (AvgIpc) is 2.42. The van der Waals surface area contributed by atoms with Crippen molar-refractivity contribution >= 4 is 34.2 Å². The summed E-state index contributed by atoms with van der Waals surface area (Å²) in [6.45, 7) is 7.84. The summed E-state index contributed by atoms with van der Waals surface area (Å²) in [4.78, 5) is 0. The second-order valence-electron chi connectivity index (χ2n) is 5.10.